The Morgan fingerprint density at radius 2 is 1.79 bits per heavy atom. The fraction of sp³-hybridized carbons (Fsp3) is 0.647. The van der Waals surface area contributed by atoms with E-state index in [9.17, 15) is 0 Å². The van der Waals surface area contributed by atoms with Crippen LogP contribution in [0.2, 0.25) is 0 Å². The Morgan fingerprint density at radius 3 is 2.42 bits per heavy atom. The zero-order valence-electron chi connectivity index (χ0n) is 13.2. The molecule has 0 radical (unpaired) electrons. The van der Waals surface area contributed by atoms with Crippen molar-refractivity contribution in [1.82, 2.24) is 5.32 Å². The van der Waals surface area contributed by atoms with E-state index in [4.69, 9.17) is 0 Å². The first-order chi connectivity index (χ1) is 8.72. The van der Waals surface area contributed by atoms with Gasteiger partial charge in [-0.25, -0.2) is 0 Å². The molecule has 0 bridgehead atoms. The molecule has 0 amide bonds. The van der Waals surface area contributed by atoms with Crippen molar-refractivity contribution in [2.45, 2.75) is 64.5 Å². The molecule has 1 unspecified atom stereocenters. The maximum atomic E-state index is 3.70. The summed E-state index contributed by atoms with van der Waals surface area (Å²) in [4.78, 5) is 0. The Morgan fingerprint density at radius 1 is 1.16 bits per heavy atom. The Labute approximate surface area is 118 Å². The summed E-state index contributed by atoms with van der Waals surface area (Å²) in [6, 6.07) is 8.74. The van der Waals surface area contributed by atoms with E-state index in [1.807, 2.05) is 0 Å². The van der Waals surface area contributed by atoms with E-state index in [2.05, 4.69) is 76.4 Å². The molecule has 0 fully saturated rings. The molecule has 0 saturated heterocycles. The van der Waals surface area contributed by atoms with Gasteiger partial charge in [0.1, 0.15) is 0 Å². The van der Waals surface area contributed by atoms with Gasteiger partial charge < -0.3 is 10.6 Å². The Balaban J connectivity index is 2.40. The fourth-order valence-corrected chi connectivity index (χ4v) is 3.63. The summed E-state index contributed by atoms with van der Waals surface area (Å²) in [6.45, 7) is 14.8. The summed E-state index contributed by atoms with van der Waals surface area (Å²) < 4.78 is 0. The highest BCUT2D eigenvalue weighted by atomic mass is 15.0. The second kappa shape index (κ2) is 4.52. The molecule has 2 heteroatoms. The lowest BCUT2D eigenvalue weighted by atomic mass is 9.65. The quantitative estimate of drug-likeness (QED) is 0.857. The van der Waals surface area contributed by atoms with Crippen LogP contribution in [0.5, 0.6) is 0 Å². The molecular weight excluding hydrogens is 232 g/mol. The summed E-state index contributed by atoms with van der Waals surface area (Å²) in [5, 5.41) is 7.32. The van der Waals surface area contributed by atoms with Crippen LogP contribution in [0.15, 0.2) is 24.3 Å². The number of hydrogen-bond donors (Lipinski definition) is 2. The lowest BCUT2D eigenvalue weighted by Gasteiger charge is -2.44. The number of nitrogens with one attached hydrogen (secondary N) is 2. The monoisotopic (exact) mass is 260 g/mol. The minimum absolute atomic E-state index is 0.0728. The van der Waals surface area contributed by atoms with Crippen molar-refractivity contribution in [2.75, 3.05) is 11.9 Å². The van der Waals surface area contributed by atoms with Crippen LogP contribution in [0.25, 0.3) is 0 Å². The van der Waals surface area contributed by atoms with Gasteiger partial charge in [-0.05, 0) is 52.3 Å². The van der Waals surface area contributed by atoms with Gasteiger partial charge in [0, 0.05) is 22.2 Å². The fourth-order valence-electron chi connectivity index (χ4n) is 3.63. The Kier molecular flexibility index (Phi) is 3.42. The van der Waals surface area contributed by atoms with Crippen molar-refractivity contribution in [1.29, 1.82) is 0 Å². The molecule has 19 heavy (non-hydrogen) atoms. The molecule has 2 N–H and O–H groups in total. The van der Waals surface area contributed by atoms with Crippen molar-refractivity contribution in [3.8, 4) is 0 Å². The van der Waals surface area contributed by atoms with Gasteiger partial charge in [-0.2, -0.15) is 0 Å². The molecule has 2 rings (SSSR count). The lowest BCUT2D eigenvalue weighted by Crippen LogP contribution is -2.53. The summed E-state index contributed by atoms with van der Waals surface area (Å²) in [6.07, 6.45) is 1.12. The maximum absolute atomic E-state index is 3.70. The van der Waals surface area contributed by atoms with Crippen molar-refractivity contribution in [3.63, 3.8) is 0 Å². The third-order valence-corrected chi connectivity index (χ3v) is 4.80. The van der Waals surface area contributed by atoms with E-state index in [-0.39, 0.29) is 16.5 Å². The molecule has 1 aliphatic rings. The molecule has 2 nitrogen and oxygen atoms in total. The van der Waals surface area contributed by atoms with Crippen LogP contribution in [-0.2, 0) is 5.41 Å². The Bertz CT molecular complexity index is 462. The van der Waals surface area contributed by atoms with Gasteiger partial charge >= 0.3 is 0 Å². The van der Waals surface area contributed by atoms with Gasteiger partial charge in [0.05, 0.1) is 0 Å². The van der Waals surface area contributed by atoms with Gasteiger partial charge in [-0.3, -0.25) is 0 Å². The molecule has 1 heterocycles. The minimum Gasteiger partial charge on any atom is -0.379 e. The van der Waals surface area contributed by atoms with Crippen LogP contribution in [0.3, 0.4) is 0 Å². The highest BCUT2D eigenvalue weighted by Crippen LogP contribution is 2.50. The second-order valence-corrected chi connectivity index (χ2v) is 7.22. The van der Waals surface area contributed by atoms with Gasteiger partial charge in [0.15, 0.2) is 0 Å². The first-order valence-corrected chi connectivity index (χ1v) is 7.35. The van der Waals surface area contributed by atoms with E-state index < -0.39 is 0 Å². The summed E-state index contributed by atoms with van der Waals surface area (Å²) in [7, 11) is 0. The van der Waals surface area contributed by atoms with Gasteiger partial charge in [0.2, 0.25) is 0 Å². The van der Waals surface area contributed by atoms with Crippen molar-refractivity contribution in [2.24, 2.45) is 0 Å². The van der Waals surface area contributed by atoms with Crippen molar-refractivity contribution in [3.05, 3.63) is 29.8 Å². The van der Waals surface area contributed by atoms with E-state index >= 15 is 0 Å². The summed E-state index contributed by atoms with van der Waals surface area (Å²) in [5.41, 5.74) is 3.09. The van der Waals surface area contributed by atoms with E-state index in [0.717, 1.165) is 13.0 Å². The molecule has 1 aromatic carbocycles. The first-order valence-electron chi connectivity index (χ1n) is 7.35. The predicted octanol–water partition coefficient (Wildman–Crippen LogP) is 3.93. The second-order valence-electron chi connectivity index (χ2n) is 7.22. The molecule has 0 saturated carbocycles. The lowest BCUT2D eigenvalue weighted by molar-refractivity contribution is 0.221. The van der Waals surface area contributed by atoms with Crippen LogP contribution < -0.4 is 10.6 Å². The van der Waals surface area contributed by atoms with Crippen LogP contribution in [0.1, 0.15) is 53.5 Å². The van der Waals surface area contributed by atoms with E-state index in [0.29, 0.717) is 0 Å². The smallest absolute Gasteiger partial charge is 0.0412 e. The summed E-state index contributed by atoms with van der Waals surface area (Å²) >= 11 is 0. The topological polar surface area (TPSA) is 24.1 Å². The highest BCUT2D eigenvalue weighted by molar-refractivity contribution is 5.64. The number of fused-ring (bicyclic) bond motifs is 1. The first kappa shape index (κ1) is 14.4. The van der Waals surface area contributed by atoms with Crippen molar-refractivity contribution < 1.29 is 0 Å². The third-order valence-electron chi connectivity index (χ3n) is 4.80. The van der Waals surface area contributed by atoms with Gasteiger partial charge in [-0.1, -0.05) is 32.0 Å². The normalized spacial score (nSPS) is 24.9. The molecule has 0 aliphatic carbocycles. The van der Waals surface area contributed by atoms with Crippen LogP contribution in [-0.4, -0.2) is 17.6 Å². The average Bonchev–Trinajstić information content (AvgIpc) is 2.46. The molecule has 1 aromatic rings. The third kappa shape index (κ3) is 2.38. The standard InChI is InChI=1S/C17H28N2/c1-7-18-15(2,3)12-17(6)13-10-8-9-11-14(13)19-16(17,4)5/h8-11,18-19H,7,12H2,1-6H3. The minimum atomic E-state index is 0.0728. The van der Waals surface area contributed by atoms with Gasteiger partial charge in [-0.15, -0.1) is 0 Å². The number of hydrogen-bond acceptors (Lipinski definition) is 2. The molecule has 0 spiro atoms. The number of rotatable bonds is 4. The van der Waals surface area contributed by atoms with Crippen LogP contribution in [0.4, 0.5) is 5.69 Å². The van der Waals surface area contributed by atoms with Crippen molar-refractivity contribution >= 4 is 5.69 Å². The van der Waals surface area contributed by atoms with Crippen LogP contribution >= 0.6 is 0 Å². The summed E-state index contributed by atoms with van der Waals surface area (Å²) in [5.74, 6) is 0. The molecule has 1 aliphatic heterocycles. The highest BCUT2D eigenvalue weighted by Gasteiger charge is 2.50. The molecule has 1 atom stereocenters. The maximum Gasteiger partial charge on any atom is 0.0412 e. The largest absolute Gasteiger partial charge is 0.379 e. The zero-order valence-corrected chi connectivity index (χ0v) is 13.2. The van der Waals surface area contributed by atoms with Gasteiger partial charge in [0.25, 0.3) is 0 Å². The SMILES string of the molecule is CCNC(C)(C)CC1(C)c2ccccc2NC1(C)C. The molecule has 0 aromatic heterocycles. The molecule has 106 valence electrons. The Hall–Kier alpha value is -1.02. The number of anilines is 1. The average molecular weight is 260 g/mol. The molecular formula is C17H28N2. The number of para-hydroxylation sites is 1. The number of benzene rings is 1. The van der Waals surface area contributed by atoms with Crippen LogP contribution in [0, 0.1) is 0 Å². The van der Waals surface area contributed by atoms with E-state index in [1.54, 1.807) is 0 Å². The van der Waals surface area contributed by atoms with E-state index in [1.165, 1.54) is 11.3 Å². The zero-order chi connectivity index (χ0) is 14.3. The predicted molar refractivity (Wildman–Crippen MR) is 83.9 cm³/mol.